The molecule has 0 aliphatic rings. The van der Waals surface area contributed by atoms with E-state index in [0.717, 1.165) is 11.1 Å². The molecule has 0 spiro atoms. The van der Waals surface area contributed by atoms with Gasteiger partial charge in [-0.3, -0.25) is 4.79 Å². The number of nitrogens with one attached hydrogen (secondary N) is 1. The molecule has 1 N–H and O–H groups in total. The van der Waals surface area contributed by atoms with Gasteiger partial charge in [-0.05, 0) is 61.0 Å². The monoisotopic (exact) mass is 426 g/mol. The number of halogens is 2. The Morgan fingerprint density at radius 1 is 1.07 bits per heavy atom. The summed E-state index contributed by atoms with van der Waals surface area (Å²) >= 11 is 12.2. The molecule has 5 nitrogen and oxygen atoms in total. The van der Waals surface area contributed by atoms with Crippen molar-refractivity contribution in [2.75, 3.05) is 12.4 Å². The van der Waals surface area contributed by atoms with Crippen LogP contribution in [0.4, 0.5) is 5.69 Å². The topological polar surface area (TPSA) is 64.4 Å². The summed E-state index contributed by atoms with van der Waals surface area (Å²) in [6.07, 6.45) is 0. The molecular weight excluding hydrogens is 411 g/mol. The molecule has 1 heterocycles. The van der Waals surface area contributed by atoms with Crippen molar-refractivity contribution in [1.82, 2.24) is 4.98 Å². The number of amides is 1. The minimum atomic E-state index is -0.335. The zero-order valence-electron chi connectivity index (χ0n) is 15.6. The molecule has 0 saturated carbocycles. The Balaban J connectivity index is 1.63. The fourth-order valence-electron chi connectivity index (χ4n) is 2.91. The lowest BCUT2D eigenvalue weighted by molar-refractivity contribution is 0.102. The molecule has 1 amide bonds. The first-order valence-corrected chi connectivity index (χ1v) is 9.52. The maximum atomic E-state index is 12.7. The number of benzene rings is 3. The third-order valence-corrected chi connectivity index (χ3v) is 5.11. The second-order valence-electron chi connectivity index (χ2n) is 6.46. The number of anilines is 1. The van der Waals surface area contributed by atoms with E-state index in [1.54, 1.807) is 36.4 Å². The normalized spacial score (nSPS) is 10.9. The molecule has 7 heteroatoms. The molecule has 0 atom stereocenters. The summed E-state index contributed by atoms with van der Waals surface area (Å²) in [5.41, 5.74) is 3.91. The van der Waals surface area contributed by atoms with E-state index in [2.05, 4.69) is 10.3 Å². The maximum Gasteiger partial charge on any atom is 0.259 e. The Labute approximate surface area is 177 Å². The van der Waals surface area contributed by atoms with Crippen LogP contribution in [0.25, 0.3) is 22.6 Å². The van der Waals surface area contributed by atoms with Gasteiger partial charge in [0.1, 0.15) is 11.3 Å². The molecule has 4 aromatic rings. The molecule has 29 heavy (non-hydrogen) atoms. The first kappa shape index (κ1) is 19.3. The maximum absolute atomic E-state index is 12.7. The van der Waals surface area contributed by atoms with Gasteiger partial charge in [0.25, 0.3) is 5.91 Å². The van der Waals surface area contributed by atoms with E-state index in [4.69, 9.17) is 32.4 Å². The predicted octanol–water partition coefficient (Wildman–Crippen LogP) is 6.37. The van der Waals surface area contributed by atoms with Crippen LogP contribution in [0.3, 0.4) is 0 Å². The van der Waals surface area contributed by atoms with Crippen molar-refractivity contribution in [3.63, 3.8) is 0 Å². The number of rotatable bonds is 4. The minimum absolute atomic E-state index is 0.335. The summed E-state index contributed by atoms with van der Waals surface area (Å²) in [6.45, 7) is 1.93. The van der Waals surface area contributed by atoms with Gasteiger partial charge in [0.05, 0.1) is 12.7 Å². The van der Waals surface area contributed by atoms with E-state index < -0.39 is 0 Å². The van der Waals surface area contributed by atoms with Crippen molar-refractivity contribution in [2.24, 2.45) is 0 Å². The molecule has 0 radical (unpaired) electrons. The molecule has 0 bridgehead atoms. The van der Waals surface area contributed by atoms with E-state index >= 15 is 0 Å². The Hall–Kier alpha value is -3.02. The predicted molar refractivity (Wildman–Crippen MR) is 115 cm³/mol. The number of aromatic nitrogens is 1. The molecule has 0 aliphatic carbocycles. The summed E-state index contributed by atoms with van der Waals surface area (Å²) in [6, 6.07) is 15.7. The van der Waals surface area contributed by atoms with Gasteiger partial charge in [0.15, 0.2) is 5.58 Å². The summed E-state index contributed by atoms with van der Waals surface area (Å²) in [5, 5.41) is 3.93. The highest BCUT2D eigenvalue weighted by atomic mass is 35.5. The number of carbonyl (C=O) groups is 1. The number of methoxy groups -OCH3 is 1. The average Bonchev–Trinajstić information content (AvgIpc) is 3.13. The molecule has 0 saturated heterocycles. The number of oxazole rings is 1. The number of carbonyl (C=O) groups excluding carboxylic acids is 1. The van der Waals surface area contributed by atoms with Crippen molar-refractivity contribution in [3.05, 3.63) is 75.8 Å². The van der Waals surface area contributed by atoms with Crippen LogP contribution in [-0.4, -0.2) is 18.0 Å². The Morgan fingerprint density at radius 2 is 1.90 bits per heavy atom. The molecule has 1 aromatic heterocycles. The van der Waals surface area contributed by atoms with E-state index in [0.29, 0.717) is 44.0 Å². The Kier molecular flexibility index (Phi) is 5.18. The van der Waals surface area contributed by atoms with Crippen LogP contribution in [0, 0.1) is 6.92 Å². The smallest absolute Gasteiger partial charge is 0.259 e. The highest BCUT2D eigenvalue weighted by molar-refractivity contribution is 6.31. The number of fused-ring (bicyclic) bond motifs is 1. The zero-order chi connectivity index (χ0) is 20.5. The largest absolute Gasteiger partial charge is 0.496 e. The van der Waals surface area contributed by atoms with E-state index in [-0.39, 0.29) is 5.91 Å². The lowest BCUT2D eigenvalue weighted by Gasteiger charge is -2.09. The zero-order valence-corrected chi connectivity index (χ0v) is 17.1. The summed E-state index contributed by atoms with van der Waals surface area (Å²) in [7, 11) is 1.50. The number of hydrogen-bond acceptors (Lipinski definition) is 4. The van der Waals surface area contributed by atoms with Gasteiger partial charge < -0.3 is 14.5 Å². The third-order valence-electron chi connectivity index (χ3n) is 4.47. The number of ether oxygens (including phenoxy) is 1. The average molecular weight is 427 g/mol. The number of nitrogens with zero attached hydrogens (tertiary/aromatic N) is 1. The van der Waals surface area contributed by atoms with Crippen LogP contribution in [0.5, 0.6) is 5.75 Å². The van der Waals surface area contributed by atoms with Gasteiger partial charge in [-0.1, -0.05) is 29.3 Å². The first-order chi connectivity index (χ1) is 13.9. The quantitative estimate of drug-likeness (QED) is 0.411. The van der Waals surface area contributed by atoms with Crippen molar-refractivity contribution >= 4 is 45.9 Å². The molecule has 3 aromatic carbocycles. The molecule has 0 aliphatic heterocycles. The minimum Gasteiger partial charge on any atom is -0.496 e. The first-order valence-electron chi connectivity index (χ1n) is 8.76. The second kappa shape index (κ2) is 7.78. The third kappa shape index (κ3) is 3.92. The van der Waals surface area contributed by atoms with Crippen LogP contribution in [0.15, 0.2) is 59.0 Å². The fraction of sp³-hybridized carbons (Fsp3) is 0.0909. The van der Waals surface area contributed by atoms with E-state index in [1.807, 2.05) is 25.1 Å². The van der Waals surface area contributed by atoms with Crippen molar-refractivity contribution < 1.29 is 13.9 Å². The molecule has 0 unspecified atom stereocenters. The van der Waals surface area contributed by atoms with E-state index in [9.17, 15) is 4.79 Å². The standard InChI is InChI=1S/C22H16Cl2N2O3/c1-12-3-4-13(9-17(12)24)22-26-18-11-15(6-8-20(18)29-22)25-21(27)16-10-14(23)5-7-19(16)28-2/h3-11H,1-2H3,(H,25,27). The SMILES string of the molecule is COc1ccc(Cl)cc1C(=O)Nc1ccc2oc(-c3ccc(C)c(Cl)c3)nc2c1. The summed E-state index contributed by atoms with van der Waals surface area (Å²) in [4.78, 5) is 17.2. The van der Waals surface area contributed by atoms with Gasteiger partial charge >= 0.3 is 0 Å². The highest BCUT2D eigenvalue weighted by Crippen LogP contribution is 2.29. The fourth-order valence-corrected chi connectivity index (χ4v) is 3.26. The molecular formula is C22H16Cl2N2O3. The van der Waals surface area contributed by atoms with E-state index in [1.165, 1.54) is 7.11 Å². The van der Waals surface area contributed by atoms with Crippen molar-refractivity contribution in [2.45, 2.75) is 6.92 Å². The van der Waals surface area contributed by atoms with Crippen LogP contribution >= 0.6 is 23.2 Å². The van der Waals surface area contributed by atoms with Gasteiger partial charge in [0, 0.05) is 21.3 Å². The van der Waals surface area contributed by atoms with Gasteiger partial charge in [-0.2, -0.15) is 0 Å². The summed E-state index contributed by atoms with van der Waals surface area (Å²) in [5.74, 6) is 0.563. The van der Waals surface area contributed by atoms with Crippen molar-refractivity contribution in [1.29, 1.82) is 0 Å². The Morgan fingerprint density at radius 3 is 2.66 bits per heavy atom. The Bertz CT molecular complexity index is 1230. The lowest BCUT2D eigenvalue weighted by Crippen LogP contribution is -2.13. The van der Waals surface area contributed by atoms with Crippen LogP contribution < -0.4 is 10.1 Å². The van der Waals surface area contributed by atoms with Gasteiger partial charge in [-0.25, -0.2) is 4.98 Å². The molecule has 4 rings (SSSR count). The molecule has 0 fully saturated rings. The van der Waals surface area contributed by atoms with Gasteiger partial charge in [-0.15, -0.1) is 0 Å². The van der Waals surface area contributed by atoms with Crippen LogP contribution in [0.1, 0.15) is 15.9 Å². The number of aryl methyl sites for hydroxylation is 1. The van der Waals surface area contributed by atoms with Crippen LogP contribution in [-0.2, 0) is 0 Å². The van der Waals surface area contributed by atoms with Crippen molar-refractivity contribution in [3.8, 4) is 17.2 Å². The van der Waals surface area contributed by atoms with Crippen LogP contribution in [0.2, 0.25) is 10.0 Å². The summed E-state index contributed by atoms with van der Waals surface area (Å²) < 4.78 is 11.1. The lowest BCUT2D eigenvalue weighted by atomic mass is 10.1. The highest BCUT2D eigenvalue weighted by Gasteiger charge is 2.15. The second-order valence-corrected chi connectivity index (χ2v) is 7.31. The van der Waals surface area contributed by atoms with Gasteiger partial charge in [0.2, 0.25) is 5.89 Å². The number of hydrogen-bond donors (Lipinski definition) is 1. The molecule has 146 valence electrons.